The highest BCUT2D eigenvalue weighted by Crippen LogP contribution is 2.25. The molecule has 2 atom stereocenters. The number of likely N-dealkylation sites (N-methyl/N-ethyl adjacent to an activating group) is 1. The van der Waals surface area contributed by atoms with Gasteiger partial charge in [0.05, 0.1) is 13.0 Å². The lowest BCUT2D eigenvalue weighted by atomic mass is 9.92. The molecule has 0 aromatic rings. The minimum Gasteiger partial charge on any atom is -0.481 e. The lowest BCUT2D eigenvalue weighted by Crippen LogP contribution is -2.49. The molecule has 1 saturated heterocycles. The van der Waals surface area contributed by atoms with Crippen molar-refractivity contribution in [2.75, 3.05) is 13.6 Å². The quantitative estimate of drug-likeness (QED) is 0.727. The van der Waals surface area contributed by atoms with Crippen LogP contribution in [0.25, 0.3) is 0 Å². The maximum atomic E-state index is 12.9. The van der Waals surface area contributed by atoms with E-state index in [1.54, 1.807) is 20.8 Å². The molecule has 8 nitrogen and oxygen atoms in total. The second-order valence-electron chi connectivity index (χ2n) is 7.84. The zero-order valence-corrected chi connectivity index (χ0v) is 15.7. The molecule has 1 aliphatic heterocycles. The third-order valence-corrected chi connectivity index (χ3v) is 3.73. The average Bonchev–Trinajstić information content (AvgIpc) is 2.70. The lowest BCUT2D eigenvalue weighted by Gasteiger charge is -2.28. The number of ether oxygens (including phenoxy) is 1. The van der Waals surface area contributed by atoms with Gasteiger partial charge in [-0.2, -0.15) is 0 Å². The first kappa shape index (κ1) is 20.9. The summed E-state index contributed by atoms with van der Waals surface area (Å²) in [5.74, 6) is -3.21. The molecular weight excluding hydrogens is 328 g/mol. The smallest absolute Gasteiger partial charge is 0.331 e. The summed E-state index contributed by atoms with van der Waals surface area (Å²) in [6.45, 7) is 8.86. The highest BCUT2D eigenvalue weighted by molar-refractivity contribution is 6.02. The number of nitrogens with zero attached hydrogens (tertiary/aromatic N) is 2. The van der Waals surface area contributed by atoms with Crippen molar-refractivity contribution in [1.82, 2.24) is 9.80 Å². The van der Waals surface area contributed by atoms with Crippen molar-refractivity contribution in [3.05, 3.63) is 0 Å². The van der Waals surface area contributed by atoms with Gasteiger partial charge >= 0.3 is 18.0 Å². The summed E-state index contributed by atoms with van der Waals surface area (Å²) in [5.41, 5.74) is -0.756. The number of rotatable bonds is 6. The summed E-state index contributed by atoms with van der Waals surface area (Å²) < 4.78 is 5.31. The Morgan fingerprint density at radius 2 is 1.84 bits per heavy atom. The first-order valence-corrected chi connectivity index (χ1v) is 8.36. The fourth-order valence-corrected chi connectivity index (χ4v) is 2.78. The first-order chi connectivity index (χ1) is 11.3. The van der Waals surface area contributed by atoms with Gasteiger partial charge in [-0.15, -0.1) is 0 Å². The van der Waals surface area contributed by atoms with Crippen LogP contribution in [0.15, 0.2) is 0 Å². The van der Waals surface area contributed by atoms with Crippen LogP contribution in [-0.2, 0) is 19.1 Å². The molecular formula is C17H28N2O6. The largest absolute Gasteiger partial charge is 0.481 e. The maximum Gasteiger partial charge on any atom is 0.331 e. The Morgan fingerprint density at radius 1 is 1.28 bits per heavy atom. The fraction of sp³-hybridized carbons (Fsp3) is 0.765. The second-order valence-corrected chi connectivity index (χ2v) is 7.84. The molecule has 3 amide bonds. The highest BCUT2D eigenvalue weighted by Gasteiger charge is 2.47. The Balaban J connectivity index is 3.09. The number of esters is 1. The van der Waals surface area contributed by atoms with Crippen LogP contribution in [0.1, 0.15) is 47.5 Å². The van der Waals surface area contributed by atoms with Gasteiger partial charge in [0.15, 0.2) is 6.04 Å². The molecule has 142 valence electrons. The summed E-state index contributed by atoms with van der Waals surface area (Å²) in [7, 11) is 1.49. The van der Waals surface area contributed by atoms with Gasteiger partial charge in [-0.1, -0.05) is 13.8 Å². The van der Waals surface area contributed by atoms with Crippen LogP contribution in [0.4, 0.5) is 4.79 Å². The van der Waals surface area contributed by atoms with Crippen molar-refractivity contribution < 1.29 is 29.0 Å². The molecule has 0 saturated carbocycles. The molecule has 0 aliphatic carbocycles. The van der Waals surface area contributed by atoms with Crippen molar-refractivity contribution in [3.8, 4) is 0 Å². The van der Waals surface area contributed by atoms with Gasteiger partial charge in [0.1, 0.15) is 5.60 Å². The minimum atomic E-state index is -1.12. The summed E-state index contributed by atoms with van der Waals surface area (Å²) >= 11 is 0. The molecule has 25 heavy (non-hydrogen) atoms. The predicted molar refractivity (Wildman–Crippen MR) is 89.7 cm³/mol. The highest BCUT2D eigenvalue weighted by atomic mass is 16.6. The topological polar surface area (TPSA) is 104 Å². The molecule has 1 N–H and O–H groups in total. The Kier molecular flexibility index (Phi) is 6.56. The number of carbonyl (C=O) groups is 4. The number of carbonyl (C=O) groups excluding carboxylic acids is 3. The van der Waals surface area contributed by atoms with Crippen molar-refractivity contribution in [1.29, 1.82) is 0 Å². The number of amides is 3. The van der Waals surface area contributed by atoms with Crippen LogP contribution < -0.4 is 0 Å². The van der Waals surface area contributed by atoms with Gasteiger partial charge in [0.25, 0.3) is 0 Å². The van der Waals surface area contributed by atoms with E-state index in [9.17, 15) is 19.2 Å². The second kappa shape index (κ2) is 7.84. The molecule has 1 heterocycles. The molecule has 1 aliphatic rings. The van der Waals surface area contributed by atoms with Crippen LogP contribution in [0.3, 0.4) is 0 Å². The van der Waals surface area contributed by atoms with Crippen LogP contribution in [0.2, 0.25) is 0 Å². The van der Waals surface area contributed by atoms with Gasteiger partial charge in [0, 0.05) is 13.0 Å². The Bertz CT molecular complexity index is 552. The number of carboxylic acid groups (broad SMARTS) is 1. The monoisotopic (exact) mass is 356 g/mol. The number of hydrogen-bond acceptors (Lipinski definition) is 5. The first-order valence-electron chi connectivity index (χ1n) is 8.36. The zero-order chi connectivity index (χ0) is 19.5. The van der Waals surface area contributed by atoms with E-state index in [-0.39, 0.29) is 18.9 Å². The van der Waals surface area contributed by atoms with Crippen LogP contribution in [-0.4, -0.2) is 64.0 Å². The average molecular weight is 356 g/mol. The fourth-order valence-electron chi connectivity index (χ4n) is 2.78. The molecule has 0 aromatic heterocycles. The molecule has 0 spiro atoms. The van der Waals surface area contributed by atoms with Crippen molar-refractivity contribution in [3.63, 3.8) is 0 Å². The van der Waals surface area contributed by atoms with E-state index in [1.807, 2.05) is 13.8 Å². The number of urea groups is 1. The Labute approximate surface area is 148 Å². The van der Waals surface area contributed by atoms with E-state index < -0.39 is 41.4 Å². The molecule has 0 bridgehead atoms. The summed E-state index contributed by atoms with van der Waals surface area (Å²) in [5, 5.41) is 9.08. The molecule has 8 heteroatoms. The molecule has 0 aromatic carbocycles. The number of aliphatic carboxylic acids is 1. The standard InChI is InChI=1S/C17H28N2O6/c1-10(2)7-11(8-13(20)21)14(22)19-12(9-18(6)16(19)24)15(23)25-17(3,4)5/h10-12H,7-9H2,1-6H3,(H,20,21)/t11-,12+/m1/s1. The van der Waals surface area contributed by atoms with Crippen molar-refractivity contribution in [2.24, 2.45) is 11.8 Å². The van der Waals surface area contributed by atoms with Gasteiger partial charge in [0.2, 0.25) is 5.91 Å². The number of carboxylic acids is 1. The van der Waals surface area contributed by atoms with Crippen molar-refractivity contribution in [2.45, 2.75) is 59.1 Å². The summed E-state index contributed by atoms with van der Waals surface area (Å²) in [4.78, 5) is 50.9. The third-order valence-electron chi connectivity index (χ3n) is 3.73. The number of imide groups is 1. The minimum absolute atomic E-state index is 0.0287. The molecule has 1 fully saturated rings. The normalized spacial score (nSPS) is 19.3. The van der Waals surface area contributed by atoms with Crippen molar-refractivity contribution >= 4 is 23.9 Å². The SMILES string of the molecule is CC(C)C[C@H](CC(=O)O)C(=O)N1C(=O)N(C)C[C@H]1C(=O)OC(C)(C)C. The number of hydrogen-bond donors (Lipinski definition) is 1. The van der Waals surface area contributed by atoms with Gasteiger partial charge < -0.3 is 14.7 Å². The molecule has 0 unspecified atom stereocenters. The lowest BCUT2D eigenvalue weighted by molar-refractivity contribution is -0.162. The molecule has 0 radical (unpaired) electrons. The van der Waals surface area contributed by atoms with Crippen LogP contribution in [0, 0.1) is 11.8 Å². The maximum absolute atomic E-state index is 12.9. The third kappa shape index (κ3) is 5.72. The van der Waals surface area contributed by atoms with E-state index in [4.69, 9.17) is 9.84 Å². The molecule has 1 rings (SSSR count). The van der Waals surface area contributed by atoms with E-state index in [0.29, 0.717) is 6.42 Å². The van der Waals surface area contributed by atoms with E-state index >= 15 is 0 Å². The summed E-state index contributed by atoms with van der Waals surface area (Å²) in [6.07, 6.45) is -0.0643. The van der Waals surface area contributed by atoms with E-state index in [0.717, 1.165) is 4.90 Å². The van der Waals surface area contributed by atoms with E-state index in [2.05, 4.69) is 0 Å². The van der Waals surface area contributed by atoms with E-state index in [1.165, 1.54) is 11.9 Å². The van der Waals surface area contributed by atoms with Crippen LogP contribution in [0.5, 0.6) is 0 Å². The summed E-state index contributed by atoms with van der Waals surface area (Å²) in [6, 6.07) is -1.67. The Morgan fingerprint density at radius 3 is 2.28 bits per heavy atom. The Hall–Kier alpha value is -2.12. The zero-order valence-electron chi connectivity index (χ0n) is 15.7. The van der Waals surface area contributed by atoms with Gasteiger partial charge in [-0.05, 0) is 33.1 Å². The van der Waals surface area contributed by atoms with Crippen LogP contribution >= 0.6 is 0 Å². The predicted octanol–water partition coefficient (Wildman–Crippen LogP) is 1.73. The van der Waals surface area contributed by atoms with Gasteiger partial charge in [-0.3, -0.25) is 9.59 Å². The van der Waals surface area contributed by atoms with Gasteiger partial charge in [-0.25, -0.2) is 14.5 Å².